The van der Waals surface area contributed by atoms with Gasteiger partial charge < -0.3 is 10.6 Å². The molecule has 4 heteroatoms. The summed E-state index contributed by atoms with van der Waals surface area (Å²) in [5.41, 5.74) is 2.79. The number of carbonyl (C=O) groups is 1. The lowest BCUT2D eigenvalue weighted by Crippen LogP contribution is -2.33. The molecule has 0 spiro atoms. The van der Waals surface area contributed by atoms with Gasteiger partial charge in [-0.3, -0.25) is 4.79 Å². The fraction of sp³-hybridized carbons (Fsp3) is 0.737. The third-order valence-corrected chi connectivity index (χ3v) is 5.49. The predicted molar refractivity (Wildman–Crippen MR) is 95.0 cm³/mol. The average Bonchev–Trinajstić information content (AvgIpc) is 2.58. The number of hydrogen-bond acceptors (Lipinski definition) is 3. The minimum absolute atomic E-state index is 0.454. The van der Waals surface area contributed by atoms with Crippen molar-refractivity contribution in [1.29, 1.82) is 0 Å². The summed E-state index contributed by atoms with van der Waals surface area (Å²) in [6.45, 7) is 6.04. The Morgan fingerprint density at radius 2 is 1.74 bits per heavy atom. The molecule has 0 atom stereocenters. The fourth-order valence-corrected chi connectivity index (χ4v) is 4.04. The van der Waals surface area contributed by atoms with E-state index in [0.717, 1.165) is 17.8 Å². The summed E-state index contributed by atoms with van der Waals surface area (Å²) in [7, 11) is 0. The van der Waals surface area contributed by atoms with Gasteiger partial charge in [0.1, 0.15) is 0 Å². The molecule has 0 bridgehead atoms. The van der Waals surface area contributed by atoms with Crippen LogP contribution in [0.3, 0.4) is 0 Å². The molecule has 0 heterocycles. The predicted octanol–water partition coefficient (Wildman–Crippen LogP) is 3.75. The first-order valence-electron chi connectivity index (χ1n) is 9.10. The molecule has 0 aromatic heterocycles. The number of nitrogens with zero attached hydrogens (tertiary/aromatic N) is 1. The molecule has 0 radical (unpaired) electrons. The van der Waals surface area contributed by atoms with Crippen molar-refractivity contribution < 1.29 is 4.79 Å². The number of aliphatic imine (C=N–C) groups is 1. The molecule has 0 aromatic carbocycles. The lowest BCUT2D eigenvalue weighted by molar-refractivity contribution is -0.108. The van der Waals surface area contributed by atoms with Crippen LogP contribution in [0, 0.1) is 17.8 Å². The number of rotatable bonds is 7. The molecule has 2 saturated carbocycles. The van der Waals surface area contributed by atoms with Gasteiger partial charge in [-0.2, -0.15) is 0 Å². The van der Waals surface area contributed by atoms with Crippen LogP contribution in [0.1, 0.15) is 64.7 Å². The minimum atomic E-state index is 0.454. The van der Waals surface area contributed by atoms with E-state index in [1.807, 2.05) is 0 Å². The Labute approximate surface area is 140 Å². The van der Waals surface area contributed by atoms with Gasteiger partial charge in [-0.15, -0.1) is 0 Å². The van der Waals surface area contributed by atoms with Crippen molar-refractivity contribution in [3.05, 3.63) is 18.1 Å². The molecule has 4 nitrogen and oxygen atoms in total. The number of carbonyl (C=O) groups excluding carboxylic acids is 1. The monoisotopic (exact) mass is 317 g/mol. The van der Waals surface area contributed by atoms with Gasteiger partial charge in [-0.05, 0) is 49.9 Å². The molecule has 2 N–H and O–H groups in total. The second-order valence-electron chi connectivity index (χ2n) is 7.29. The van der Waals surface area contributed by atoms with Crippen molar-refractivity contribution in [3.63, 3.8) is 0 Å². The van der Waals surface area contributed by atoms with Crippen molar-refractivity contribution in [1.82, 2.24) is 10.6 Å². The van der Waals surface area contributed by atoms with Crippen molar-refractivity contribution in [2.75, 3.05) is 0 Å². The summed E-state index contributed by atoms with van der Waals surface area (Å²) >= 11 is 0. The van der Waals surface area contributed by atoms with Crippen molar-refractivity contribution in [2.45, 2.75) is 70.8 Å². The molecule has 0 saturated heterocycles. The van der Waals surface area contributed by atoms with E-state index in [9.17, 15) is 4.79 Å². The maximum atomic E-state index is 10.2. The smallest absolute Gasteiger partial charge is 0.212 e. The van der Waals surface area contributed by atoms with E-state index in [1.54, 1.807) is 0 Å². The van der Waals surface area contributed by atoms with Gasteiger partial charge in [0.15, 0.2) is 5.82 Å². The van der Waals surface area contributed by atoms with Crippen molar-refractivity contribution in [2.24, 2.45) is 22.7 Å². The average molecular weight is 317 g/mol. The summed E-state index contributed by atoms with van der Waals surface area (Å²) in [6, 6.07) is 0.454. The molecule has 128 valence electrons. The largest absolute Gasteiger partial charge is 0.361 e. The summed E-state index contributed by atoms with van der Waals surface area (Å²) < 4.78 is 0. The van der Waals surface area contributed by atoms with E-state index in [4.69, 9.17) is 0 Å². The molecule has 2 rings (SSSR count). The van der Waals surface area contributed by atoms with E-state index in [-0.39, 0.29) is 0 Å². The topological polar surface area (TPSA) is 53.5 Å². The minimum Gasteiger partial charge on any atom is -0.361 e. The van der Waals surface area contributed by atoms with Gasteiger partial charge in [0.05, 0.1) is 6.34 Å². The lowest BCUT2D eigenvalue weighted by atomic mass is 9.75. The maximum Gasteiger partial charge on any atom is 0.212 e. The van der Waals surface area contributed by atoms with Crippen LogP contribution in [0.5, 0.6) is 0 Å². The van der Waals surface area contributed by atoms with E-state index >= 15 is 0 Å². The Kier molecular flexibility index (Phi) is 7.41. The normalized spacial score (nSPS) is 31.3. The number of hydrogen-bond donors (Lipinski definition) is 2. The van der Waals surface area contributed by atoms with Crippen LogP contribution < -0.4 is 10.6 Å². The van der Waals surface area contributed by atoms with Gasteiger partial charge in [-0.25, -0.2) is 4.99 Å². The van der Waals surface area contributed by atoms with Crippen LogP contribution in [0.15, 0.2) is 23.1 Å². The Bertz CT molecular complexity index is 438. The van der Waals surface area contributed by atoms with Gasteiger partial charge in [-0.1, -0.05) is 44.9 Å². The molecular weight excluding hydrogens is 286 g/mol. The molecule has 2 aliphatic carbocycles. The third kappa shape index (κ3) is 6.23. The first kappa shape index (κ1) is 17.8. The van der Waals surface area contributed by atoms with E-state index in [2.05, 4.69) is 34.9 Å². The number of amides is 1. The standard InChI is InChI=1S/C19H31N3O/c1-3-19(21-13-20-14-23)22-18-10-8-17(9-11-18)12-16-6-4-15(2)5-7-16/h13-18,22H,1,4-12H2,2H3,(H,20,21,23). The molecule has 0 unspecified atom stereocenters. The van der Waals surface area contributed by atoms with E-state index in [0.29, 0.717) is 18.3 Å². The van der Waals surface area contributed by atoms with Crippen LogP contribution >= 0.6 is 0 Å². The quantitative estimate of drug-likeness (QED) is 0.325. The van der Waals surface area contributed by atoms with Gasteiger partial charge in [0.25, 0.3) is 0 Å². The molecule has 2 aliphatic rings. The van der Waals surface area contributed by atoms with E-state index < -0.39 is 0 Å². The summed E-state index contributed by atoms with van der Waals surface area (Å²) in [5, 5.41) is 5.79. The van der Waals surface area contributed by atoms with Crippen LogP contribution in [0.4, 0.5) is 0 Å². The highest BCUT2D eigenvalue weighted by Gasteiger charge is 2.26. The molecule has 23 heavy (non-hydrogen) atoms. The molecular formula is C19H31N3O. The lowest BCUT2D eigenvalue weighted by Gasteiger charge is -2.33. The van der Waals surface area contributed by atoms with Gasteiger partial charge in [0.2, 0.25) is 6.41 Å². The van der Waals surface area contributed by atoms with Crippen LogP contribution in [-0.2, 0) is 4.79 Å². The first-order valence-corrected chi connectivity index (χ1v) is 9.10. The summed E-state index contributed by atoms with van der Waals surface area (Å²) in [4.78, 5) is 14.3. The zero-order chi connectivity index (χ0) is 16.5. The Morgan fingerprint density at radius 1 is 1.13 bits per heavy atom. The number of nitrogens with one attached hydrogen (secondary N) is 2. The van der Waals surface area contributed by atoms with Gasteiger partial charge >= 0.3 is 0 Å². The van der Waals surface area contributed by atoms with Crippen LogP contribution in [-0.4, -0.2) is 18.8 Å². The maximum absolute atomic E-state index is 10.2. The highest BCUT2D eigenvalue weighted by Crippen LogP contribution is 2.36. The van der Waals surface area contributed by atoms with E-state index in [1.165, 1.54) is 64.1 Å². The molecule has 1 amide bonds. The van der Waals surface area contributed by atoms with Crippen LogP contribution in [0.25, 0.3) is 0 Å². The molecule has 0 aromatic rings. The van der Waals surface area contributed by atoms with Crippen LogP contribution in [0.2, 0.25) is 0 Å². The van der Waals surface area contributed by atoms with Crippen molar-refractivity contribution >= 4 is 12.7 Å². The van der Waals surface area contributed by atoms with Gasteiger partial charge in [0, 0.05) is 6.04 Å². The second kappa shape index (κ2) is 9.57. The zero-order valence-corrected chi connectivity index (χ0v) is 14.4. The zero-order valence-electron chi connectivity index (χ0n) is 14.4. The second-order valence-corrected chi connectivity index (χ2v) is 7.29. The Balaban J connectivity index is 1.69. The SMILES string of the molecule is C=C=C(N=CNC=O)NC1CCC(CC2CCC(C)CC2)CC1. The Hall–Kier alpha value is -1.54. The molecule has 2 fully saturated rings. The highest BCUT2D eigenvalue weighted by molar-refractivity contribution is 5.72. The molecule has 0 aliphatic heterocycles. The highest BCUT2D eigenvalue weighted by atomic mass is 16.1. The summed E-state index contributed by atoms with van der Waals surface area (Å²) in [6.07, 6.45) is 14.2. The van der Waals surface area contributed by atoms with Crippen molar-refractivity contribution in [3.8, 4) is 0 Å². The fourth-order valence-electron chi connectivity index (χ4n) is 4.04. The Morgan fingerprint density at radius 3 is 2.30 bits per heavy atom. The first-order chi connectivity index (χ1) is 11.2. The third-order valence-electron chi connectivity index (χ3n) is 5.49. The summed E-state index contributed by atoms with van der Waals surface area (Å²) in [5.74, 6) is 3.44.